The fourth-order valence-electron chi connectivity index (χ4n) is 3.73. The number of pyridine rings is 1. The highest BCUT2D eigenvalue weighted by molar-refractivity contribution is 5.99. The molecule has 0 bridgehead atoms. The number of benzene rings is 1. The predicted molar refractivity (Wildman–Crippen MR) is 98.3 cm³/mol. The van der Waals surface area contributed by atoms with E-state index in [9.17, 15) is 10.1 Å². The van der Waals surface area contributed by atoms with Crippen LogP contribution in [0.5, 0.6) is 0 Å². The smallest absolute Gasteiger partial charge is 0.278 e. The van der Waals surface area contributed by atoms with E-state index in [4.69, 9.17) is 0 Å². The van der Waals surface area contributed by atoms with Gasteiger partial charge < -0.3 is 9.47 Å². The van der Waals surface area contributed by atoms with Crippen molar-refractivity contribution in [3.05, 3.63) is 52.4 Å². The van der Waals surface area contributed by atoms with Gasteiger partial charge in [-0.2, -0.15) is 0 Å². The van der Waals surface area contributed by atoms with E-state index in [0.29, 0.717) is 11.3 Å². The molecule has 4 rings (SSSR count). The van der Waals surface area contributed by atoms with Crippen molar-refractivity contribution in [2.75, 3.05) is 11.4 Å². The number of aromatic nitrogens is 4. The van der Waals surface area contributed by atoms with Gasteiger partial charge in [-0.25, -0.2) is 0 Å². The molecule has 3 heterocycles. The zero-order chi connectivity index (χ0) is 18.4. The fourth-order valence-corrected chi connectivity index (χ4v) is 3.73. The standard InChI is InChI=1S/C18H20N6O2/c1-11(2)17-20-21-18-12(3)22(8-9-23(17)18)15-4-5-16(24(25)26)14-10-19-7-6-13(14)15/h4-7,10-12H,8-9H2,1-3H3. The molecule has 1 aliphatic heterocycles. The first-order valence-corrected chi connectivity index (χ1v) is 8.69. The Morgan fingerprint density at radius 3 is 2.73 bits per heavy atom. The first-order chi connectivity index (χ1) is 12.5. The van der Waals surface area contributed by atoms with Crippen molar-refractivity contribution in [3.63, 3.8) is 0 Å². The Hall–Kier alpha value is -3.03. The number of hydrogen-bond donors (Lipinski definition) is 0. The Bertz CT molecular complexity index is 997. The van der Waals surface area contributed by atoms with E-state index in [1.807, 2.05) is 12.1 Å². The number of non-ortho nitro benzene ring substituents is 1. The van der Waals surface area contributed by atoms with Gasteiger partial charge in [0.1, 0.15) is 5.82 Å². The van der Waals surface area contributed by atoms with Crippen molar-refractivity contribution in [1.29, 1.82) is 0 Å². The minimum atomic E-state index is -0.362. The third-order valence-electron chi connectivity index (χ3n) is 5.01. The summed E-state index contributed by atoms with van der Waals surface area (Å²) in [6.07, 6.45) is 3.23. The molecule has 0 amide bonds. The van der Waals surface area contributed by atoms with Crippen LogP contribution in [0, 0.1) is 10.1 Å². The second-order valence-corrected chi connectivity index (χ2v) is 6.87. The van der Waals surface area contributed by atoms with Crippen LogP contribution >= 0.6 is 0 Å². The second kappa shape index (κ2) is 6.05. The summed E-state index contributed by atoms with van der Waals surface area (Å²) in [5.74, 6) is 2.26. The van der Waals surface area contributed by atoms with Crippen molar-refractivity contribution in [3.8, 4) is 0 Å². The van der Waals surface area contributed by atoms with Crippen LogP contribution in [-0.4, -0.2) is 31.2 Å². The van der Waals surface area contributed by atoms with E-state index in [2.05, 4.69) is 45.4 Å². The van der Waals surface area contributed by atoms with E-state index < -0.39 is 0 Å². The molecule has 8 heteroatoms. The summed E-state index contributed by atoms with van der Waals surface area (Å²) in [4.78, 5) is 17.3. The number of nitrogens with zero attached hydrogens (tertiary/aromatic N) is 6. The van der Waals surface area contributed by atoms with Crippen LogP contribution in [-0.2, 0) is 6.54 Å². The third kappa shape index (κ3) is 2.40. The van der Waals surface area contributed by atoms with Gasteiger partial charge in [0, 0.05) is 48.5 Å². The van der Waals surface area contributed by atoms with Gasteiger partial charge in [0.15, 0.2) is 5.82 Å². The molecule has 0 saturated carbocycles. The molecule has 0 spiro atoms. The summed E-state index contributed by atoms with van der Waals surface area (Å²) in [6.45, 7) is 7.92. The maximum absolute atomic E-state index is 11.3. The van der Waals surface area contributed by atoms with Crippen molar-refractivity contribution < 1.29 is 4.92 Å². The number of anilines is 1. The highest BCUT2D eigenvalue weighted by Gasteiger charge is 2.30. The van der Waals surface area contributed by atoms with Gasteiger partial charge in [0.25, 0.3) is 5.69 Å². The predicted octanol–water partition coefficient (Wildman–Crippen LogP) is 3.44. The van der Waals surface area contributed by atoms with Gasteiger partial charge in [-0.1, -0.05) is 13.8 Å². The molecule has 0 fully saturated rings. The van der Waals surface area contributed by atoms with E-state index >= 15 is 0 Å². The van der Waals surface area contributed by atoms with Gasteiger partial charge in [0.05, 0.1) is 16.4 Å². The van der Waals surface area contributed by atoms with Crippen LogP contribution in [0.3, 0.4) is 0 Å². The lowest BCUT2D eigenvalue weighted by Crippen LogP contribution is -2.37. The van der Waals surface area contributed by atoms with Crippen molar-refractivity contribution in [2.45, 2.75) is 39.3 Å². The Kier molecular flexibility index (Phi) is 3.82. The zero-order valence-electron chi connectivity index (χ0n) is 15.0. The van der Waals surface area contributed by atoms with Gasteiger partial charge >= 0.3 is 0 Å². The van der Waals surface area contributed by atoms with Crippen LogP contribution in [0.2, 0.25) is 0 Å². The van der Waals surface area contributed by atoms with E-state index in [0.717, 1.165) is 35.8 Å². The third-order valence-corrected chi connectivity index (χ3v) is 5.01. The lowest BCUT2D eigenvalue weighted by atomic mass is 10.1. The average Bonchev–Trinajstić information content (AvgIpc) is 3.06. The van der Waals surface area contributed by atoms with Gasteiger partial charge in [-0.05, 0) is 19.1 Å². The number of fused-ring (bicyclic) bond motifs is 2. The average molecular weight is 352 g/mol. The largest absolute Gasteiger partial charge is 0.359 e. The lowest BCUT2D eigenvalue weighted by molar-refractivity contribution is -0.383. The molecule has 0 N–H and O–H groups in total. The van der Waals surface area contributed by atoms with Gasteiger partial charge in [-0.3, -0.25) is 15.1 Å². The van der Waals surface area contributed by atoms with Gasteiger partial charge in [-0.15, -0.1) is 10.2 Å². The minimum absolute atomic E-state index is 0.0292. The van der Waals surface area contributed by atoms with Crippen LogP contribution < -0.4 is 4.90 Å². The molecular weight excluding hydrogens is 332 g/mol. The molecule has 26 heavy (non-hydrogen) atoms. The molecule has 3 aromatic rings. The Labute approximate surface area is 150 Å². The first kappa shape index (κ1) is 16.4. The summed E-state index contributed by atoms with van der Waals surface area (Å²) >= 11 is 0. The van der Waals surface area contributed by atoms with Crippen LogP contribution in [0.25, 0.3) is 10.8 Å². The molecule has 1 unspecified atom stereocenters. The Balaban J connectivity index is 1.82. The molecule has 1 atom stereocenters. The molecule has 1 aromatic carbocycles. The fraction of sp³-hybridized carbons (Fsp3) is 0.389. The monoisotopic (exact) mass is 352 g/mol. The maximum atomic E-state index is 11.3. The molecular formula is C18H20N6O2. The molecule has 0 radical (unpaired) electrons. The normalized spacial score (nSPS) is 16.9. The summed E-state index contributed by atoms with van der Waals surface area (Å²) in [7, 11) is 0. The SMILES string of the molecule is CC(C)c1nnc2n1CCN(c1ccc([N+](=O)[O-])c3cnccc13)C2C. The summed E-state index contributed by atoms with van der Waals surface area (Å²) in [5.41, 5.74) is 1.03. The molecule has 1 aliphatic rings. The highest BCUT2D eigenvalue weighted by Crippen LogP contribution is 2.38. The van der Waals surface area contributed by atoms with E-state index in [-0.39, 0.29) is 16.7 Å². The Morgan fingerprint density at radius 1 is 1.19 bits per heavy atom. The Morgan fingerprint density at radius 2 is 2.00 bits per heavy atom. The van der Waals surface area contributed by atoms with Crippen LogP contribution in [0.4, 0.5) is 11.4 Å². The van der Waals surface area contributed by atoms with Crippen molar-refractivity contribution >= 4 is 22.1 Å². The van der Waals surface area contributed by atoms with Crippen molar-refractivity contribution in [2.24, 2.45) is 0 Å². The van der Waals surface area contributed by atoms with Crippen LogP contribution in [0.1, 0.15) is 44.4 Å². The number of rotatable bonds is 3. The number of nitro benzene ring substituents is 1. The lowest BCUT2D eigenvalue weighted by Gasteiger charge is -2.36. The molecule has 2 aromatic heterocycles. The molecule has 0 aliphatic carbocycles. The second-order valence-electron chi connectivity index (χ2n) is 6.87. The van der Waals surface area contributed by atoms with Gasteiger partial charge in [0.2, 0.25) is 0 Å². The molecule has 8 nitrogen and oxygen atoms in total. The zero-order valence-corrected chi connectivity index (χ0v) is 15.0. The molecule has 0 saturated heterocycles. The number of nitro groups is 1. The minimum Gasteiger partial charge on any atom is -0.359 e. The number of hydrogen-bond acceptors (Lipinski definition) is 6. The first-order valence-electron chi connectivity index (χ1n) is 8.69. The van der Waals surface area contributed by atoms with Crippen LogP contribution in [0.15, 0.2) is 30.6 Å². The molecule has 134 valence electrons. The van der Waals surface area contributed by atoms with E-state index in [1.165, 1.54) is 0 Å². The summed E-state index contributed by atoms with van der Waals surface area (Å²) < 4.78 is 2.20. The topological polar surface area (TPSA) is 90.0 Å². The summed E-state index contributed by atoms with van der Waals surface area (Å²) in [5, 5.41) is 21.5. The summed E-state index contributed by atoms with van der Waals surface area (Å²) in [6, 6.07) is 5.25. The van der Waals surface area contributed by atoms with E-state index in [1.54, 1.807) is 18.5 Å². The van der Waals surface area contributed by atoms with Crippen molar-refractivity contribution in [1.82, 2.24) is 19.7 Å². The quantitative estimate of drug-likeness (QED) is 0.530. The maximum Gasteiger partial charge on any atom is 0.278 e. The highest BCUT2D eigenvalue weighted by atomic mass is 16.6.